The standard InChI is InChI=1S/C43H27N3.C25H16BrN3.C18H12BO.H2O/c1-3-13-28(14-4-1)41-44-42(29-15-5-2-6-16-29)46-43(45-41)40-26-31-18-8-7-17-30(31)25-38(40)32-23-24-37-35-21-10-9-19-33(35)34-20-11-12-22-36(34)39(37)27-32;26-22-16-20-14-8-7-13-19(20)15-21(22)25-28-23(17-9-3-1-4-10-17)27-24(29-25)18-11-5-2-6-12-18;20-19-12-9-10-17-15-7-2-1-5-13(15)14-6-3-4-8-16(14)18(17)11-12;/h1-27H;1-16H;1-11,20H;1H2. The van der Waals surface area contributed by atoms with Gasteiger partial charge in [0.05, 0.1) is 0 Å². The molecule has 0 unspecified atom stereocenters. The molecular formula is C86H57BBrN6O2. The number of aromatic nitrogens is 6. The van der Waals surface area contributed by atoms with E-state index in [4.69, 9.17) is 29.9 Å². The summed E-state index contributed by atoms with van der Waals surface area (Å²) in [5, 5.41) is 28.8. The maximum atomic E-state index is 9.26. The van der Waals surface area contributed by atoms with Gasteiger partial charge in [-0.1, -0.05) is 319 Å². The molecule has 0 aliphatic rings. The van der Waals surface area contributed by atoms with Gasteiger partial charge in [-0.05, 0) is 128 Å². The zero-order chi connectivity index (χ0) is 63.6. The molecule has 16 aromatic carbocycles. The Kier molecular flexibility index (Phi) is 16.7. The molecule has 18 aromatic rings. The number of fused-ring (bicyclic) bond motifs is 14. The van der Waals surface area contributed by atoms with Crippen molar-refractivity contribution < 1.29 is 10.5 Å². The largest absolute Gasteiger partial charge is 0.450 e. The quantitative estimate of drug-likeness (QED) is 0.118. The molecule has 10 heteroatoms. The summed E-state index contributed by atoms with van der Waals surface area (Å²) in [4.78, 5) is 29.6. The second-order valence-electron chi connectivity index (χ2n) is 23.4. The van der Waals surface area contributed by atoms with Gasteiger partial charge in [0.2, 0.25) is 0 Å². The van der Waals surface area contributed by atoms with E-state index in [-0.39, 0.29) is 5.48 Å². The highest BCUT2D eigenvalue weighted by Gasteiger charge is 2.20. The van der Waals surface area contributed by atoms with Crippen LogP contribution in [0.1, 0.15) is 0 Å². The van der Waals surface area contributed by atoms with Gasteiger partial charge in [0.25, 0.3) is 0 Å². The van der Waals surface area contributed by atoms with E-state index in [1.807, 2.05) is 146 Å². The van der Waals surface area contributed by atoms with Crippen LogP contribution in [0.25, 0.3) is 166 Å². The molecule has 0 spiro atoms. The van der Waals surface area contributed by atoms with E-state index in [0.29, 0.717) is 34.9 Å². The molecule has 2 heterocycles. The molecule has 3 N–H and O–H groups in total. The van der Waals surface area contributed by atoms with Crippen LogP contribution in [-0.4, -0.2) is 47.9 Å². The van der Waals surface area contributed by atoms with Crippen LogP contribution in [0.3, 0.4) is 0 Å². The lowest BCUT2D eigenvalue weighted by molar-refractivity contribution is 0.615. The Balaban J connectivity index is 0.000000129. The van der Waals surface area contributed by atoms with E-state index in [0.717, 1.165) is 72.7 Å². The molecule has 0 amide bonds. The summed E-state index contributed by atoms with van der Waals surface area (Å²) in [7, 11) is 1.16. The van der Waals surface area contributed by atoms with Gasteiger partial charge in [-0.3, -0.25) is 0 Å². The molecule has 0 aliphatic heterocycles. The van der Waals surface area contributed by atoms with Crippen molar-refractivity contribution in [3.63, 3.8) is 0 Å². The summed E-state index contributed by atoms with van der Waals surface area (Å²) in [5.41, 5.74) is 8.79. The number of hydrogen-bond acceptors (Lipinski definition) is 7. The van der Waals surface area contributed by atoms with Crippen molar-refractivity contribution in [1.29, 1.82) is 0 Å². The Labute approximate surface area is 563 Å². The number of halogens is 1. The third-order valence-electron chi connectivity index (χ3n) is 17.6. The Bertz CT molecular complexity index is 5740. The van der Waals surface area contributed by atoms with Gasteiger partial charge in [0.1, 0.15) is 0 Å². The van der Waals surface area contributed by atoms with Crippen molar-refractivity contribution in [2.24, 2.45) is 0 Å². The van der Waals surface area contributed by atoms with Crippen molar-refractivity contribution in [2.75, 3.05) is 0 Å². The summed E-state index contributed by atoms with van der Waals surface area (Å²) in [6.07, 6.45) is 0. The lowest BCUT2D eigenvalue weighted by atomic mass is 9.85. The maximum absolute atomic E-state index is 9.26. The SMILES string of the molecule is Brc1cc2ccccc2cc1-c1nc(-c2ccccc2)nc(-c2ccccc2)n1.O.O[B]c1ccc2c3ccccc3c3ccccc3c2c1.c1ccc(-c2nc(-c3ccccc3)nc(-c3cc4ccccc4cc3-c3ccc4c5ccccc5c5ccccc5c4c3)n2)cc1. The highest BCUT2D eigenvalue weighted by Crippen LogP contribution is 2.42. The number of rotatable bonds is 8. The average molecular weight is 1300 g/mol. The minimum atomic E-state index is 0. The minimum absolute atomic E-state index is 0. The number of benzene rings is 16. The predicted molar refractivity (Wildman–Crippen MR) is 403 cm³/mol. The molecule has 453 valence electrons. The van der Waals surface area contributed by atoms with Crippen LogP contribution < -0.4 is 5.46 Å². The Hall–Kier alpha value is -11.9. The first-order valence-electron chi connectivity index (χ1n) is 31.6. The van der Waals surface area contributed by atoms with Crippen LogP contribution in [-0.2, 0) is 0 Å². The lowest BCUT2D eigenvalue weighted by Crippen LogP contribution is -2.12. The third kappa shape index (κ3) is 11.8. The smallest absolute Gasteiger partial charge is 0.326 e. The van der Waals surface area contributed by atoms with Crippen molar-refractivity contribution >= 4 is 115 Å². The first kappa shape index (κ1) is 60.3. The van der Waals surface area contributed by atoms with Crippen LogP contribution >= 0.6 is 15.9 Å². The van der Waals surface area contributed by atoms with E-state index in [1.54, 1.807) is 0 Å². The van der Waals surface area contributed by atoms with Gasteiger partial charge in [-0.25, -0.2) is 29.9 Å². The van der Waals surface area contributed by atoms with E-state index in [1.165, 1.54) is 75.4 Å². The van der Waals surface area contributed by atoms with Gasteiger partial charge in [-0.15, -0.1) is 0 Å². The normalized spacial score (nSPS) is 11.1. The summed E-state index contributed by atoms with van der Waals surface area (Å²) < 4.78 is 0.959. The highest BCUT2D eigenvalue weighted by molar-refractivity contribution is 9.10. The summed E-state index contributed by atoms with van der Waals surface area (Å²) >= 11 is 3.72. The van der Waals surface area contributed by atoms with Gasteiger partial charge in [0, 0.05) is 37.9 Å². The van der Waals surface area contributed by atoms with E-state index in [2.05, 4.69) is 198 Å². The molecule has 96 heavy (non-hydrogen) atoms. The molecule has 0 saturated heterocycles. The average Bonchev–Trinajstić information content (AvgIpc) is 0.752. The van der Waals surface area contributed by atoms with Gasteiger partial charge >= 0.3 is 7.48 Å². The van der Waals surface area contributed by atoms with Gasteiger partial charge in [0.15, 0.2) is 34.9 Å². The van der Waals surface area contributed by atoms with Gasteiger partial charge < -0.3 is 10.5 Å². The molecular weight excluding hydrogens is 1240 g/mol. The second-order valence-corrected chi connectivity index (χ2v) is 24.2. The fourth-order valence-corrected chi connectivity index (χ4v) is 13.5. The second kappa shape index (κ2) is 26.6. The predicted octanol–water partition coefficient (Wildman–Crippen LogP) is 20.5. The molecule has 18 rings (SSSR count). The molecule has 0 aliphatic carbocycles. The molecule has 2 aromatic heterocycles. The van der Waals surface area contributed by atoms with Gasteiger partial charge in [-0.2, -0.15) is 0 Å². The monoisotopic (exact) mass is 1300 g/mol. The summed E-state index contributed by atoms with van der Waals surface area (Å²) in [6, 6.07) is 113. The van der Waals surface area contributed by atoms with Crippen molar-refractivity contribution in [1.82, 2.24) is 29.9 Å². The van der Waals surface area contributed by atoms with Crippen molar-refractivity contribution in [3.8, 4) is 79.5 Å². The molecule has 0 atom stereocenters. The van der Waals surface area contributed by atoms with E-state index < -0.39 is 0 Å². The molecule has 0 saturated carbocycles. The Morgan fingerprint density at radius 1 is 0.219 bits per heavy atom. The number of hydrogen-bond donors (Lipinski definition) is 1. The first-order valence-corrected chi connectivity index (χ1v) is 32.4. The fraction of sp³-hybridized carbons (Fsp3) is 0. The third-order valence-corrected chi connectivity index (χ3v) is 18.2. The summed E-state index contributed by atoms with van der Waals surface area (Å²) in [6.45, 7) is 0. The first-order chi connectivity index (χ1) is 47.0. The zero-order valence-electron chi connectivity index (χ0n) is 51.8. The topological polar surface area (TPSA) is 129 Å². The molecule has 8 nitrogen and oxygen atoms in total. The number of nitrogens with zero attached hydrogens (tertiary/aromatic N) is 6. The maximum Gasteiger partial charge on any atom is 0.326 e. The van der Waals surface area contributed by atoms with Crippen LogP contribution in [0, 0.1) is 0 Å². The van der Waals surface area contributed by atoms with Crippen LogP contribution in [0.2, 0.25) is 0 Å². The Morgan fingerprint density at radius 2 is 0.490 bits per heavy atom. The Morgan fingerprint density at radius 3 is 0.865 bits per heavy atom. The fourth-order valence-electron chi connectivity index (χ4n) is 13.0. The summed E-state index contributed by atoms with van der Waals surface area (Å²) in [5.74, 6) is 3.93. The molecule has 0 fully saturated rings. The van der Waals surface area contributed by atoms with Crippen LogP contribution in [0.4, 0.5) is 0 Å². The van der Waals surface area contributed by atoms with Crippen molar-refractivity contribution in [2.45, 2.75) is 0 Å². The highest BCUT2D eigenvalue weighted by atomic mass is 79.9. The van der Waals surface area contributed by atoms with E-state index >= 15 is 0 Å². The molecule has 0 bridgehead atoms. The van der Waals surface area contributed by atoms with E-state index in [9.17, 15) is 5.02 Å². The van der Waals surface area contributed by atoms with Crippen LogP contribution in [0.5, 0.6) is 0 Å². The minimum Gasteiger partial charge on any atom is -0.450 e. The lowest BCUT2D eigenvalue weighted by Gasteiger charge is -2.15. The zero-order valence-corrected chi connectivity index (χ0v) is 53.3. The van der Waals surface area contributed by atoms with Crippen molar-refractivity contribution in [3.05, 3.63) is 332 Å². The van der Waals surface area contributed by atoms with Crippen LogP contribution in [0.15, 0.2) is 332 Å². The molecule has 1 radical (unpaired) electrons.